The molecule has 228 valence electrons. The molecule has 10 rings (SSSR count). The molecule has 2 aliphatic carbocycles. The van der Waals surface area contributed by atoms with E-state index >= 15 is 0 Å². The quantitative estimate of drug-likeness (QED) is 0.170. The summed E-state index contributed by atoms with van der Waals surface area (Å²) in [5, 5.41) is 7.73. The predicted molar refractivity (Wildman–Crippen MR) is 205 cm³/mol. The van der Waals surface area contributed by atoms with E-state index < -0.39 is 0 Å². The van der Waals surface area contributed by atoms with Gasteiger partial charge in [0, 0.05) is 10.8 Å². The standard InChI is InChI=1S/C48H36/c1-47(2)41-23-12-11-17-32(41)39-27-40-38-26-30(24-25-42(38)48(3,4)44(40)28-43(39)47)45-34-18-7-9-20-36(34)46(37-21-10-8-19-35(37)45)33-22-13-15-29-14-5-6-16-31(29)33/h5-28H,1-4H3. The molecule has 0 heterocycles. The van der Waals surface area contributed by atoms with E-state index in [2.05, 4.69) is 173 Å². The van der Waals surface area contributed by atoms with Crippen LogP contribution in [0.2, 0.25) is 0 Å². The molecule has 0 nitrogen and oxygen atoms in total. The lowest BCUT2D eigenvalue weighted by Crippen LogP contribution is -2.18. The Hall–Kier alpha value is -5.46. The number of fused-ring (bicyclic) bond motifs is 9. The van der Waals surface area contributed by atoms with Gasteiger partial charge in [-0.3, -0.25) is 0 Å². The van der Waals surface area contributed by atoms with Gasteiger partial charge in [0.15, 0.2) is 0 Å². The average molecular weight is 613 g/mol. The molecule has 8 aromatic carbocycles. The number of rotatable bonds is 2. The van der Waals surface area contributed by atoms with Crippen molar-refractivity contribution in [1.29, 1.82) is 0 Å². The first kappa shape index (κ1) is 27.6. The van der Waals surface area contributed by atoms with Crippen LogP contribution in [0.4, 0.5) is 0 Å². The van der Waals surface area contributed by atoms with Gasteiger partial charge in [-0.2, -0.15) is 0 Å². The molecule has 8 aromatic rings. The van der Waals surface area contributed by atoms with Crippen LogP contribution in [0.3, 0.4) is 0 Å². The molecule has 0 unspecified atom stereocenters. The molecule has 0 N–H and O–H groups in total. The zero-order valence-electron chi connectivity index (χ0n) is 27.9. The Morgan fingerprint density at radius 1 is 0.312 bits per heavy atom. The van der Waals surface area contributed by atoms with E-state index in [0.29, 0.717) is 0 Å². The van der Waals surface area contributed by atoms with Gasteiger partial charge in [0.2, 0.25) is 0 Å². The Bertz CT molecular complexity index is 2600. The van der Waals surface area contributed by atoms with Crippen LogP contribution in [0.15, 0.2) is 146 Å². The molecule has 0 aromatic heterocycles. The Morgan fingerprint density at radius 2 is 0.792 bits per heavy atom. The molecule has 0 radical (unpaired) electrons. The van der Waals surface area contributed by atoms with Crippen LogP contribution in [0.25, 0.3) is 76.8 Å². The van der Waals surface area contributed by atoms with E-state index in [1.165, 1.54) is 99.1 Å². The van der Waals surface area contributed by atoms with Gasteiger partial charge in [-0.1, -0.05) is 161 Å². The second-order valence-corrected chi connectivity index (χ2v) is 14.9. The summed E-state index contributed by atoms with van der Waals surface area (Å²) in [5.41, 5.74) is 16.3. The van der Waals surface area contributed by atoms with Gasteiger partial charge in [-0.25, -0.2) is 0 Å². The summed E-state index contributed by atoms with van der Waals surface area (Å²) < 4.78 is 0. The van der Waals surface area contributed by atoms with Crippen molar-refractivity contribution in [1.82, 2.24) is 0 Å². The monoisotopic (exact) mass is 612 g/mol. The normalized spacial score (nSPS) is 15.0. The molecular formula is C48H36. The summed E-state index contributed by atoms with van der Waals surface area (Å²) in [7, 11) is 0. The molecule has 0 saturated carbocycles. The van der Waals surface area contributed by atoms with Gasteiger partial charge in [0.05, 0.1) is 0 Å². The highest BCUT2D eigenvalue weighted by molar-refractivity contribution is 6.23. The third-order valence-corrected chi connectivity index (χ3v) is 11.7. The molecule has 0 aliphatic heterocycles. The van der Waals surface area contributed by atoms with E-state index in [9.17, 15) is 0 Å². The lowest BCUT2D eigenvalue weighted by molar-refractivity contribution is 0.639. The Morgan fingerprint density at radius 3 is 1.48 bits per heavy atom. The Balaban J connectivity index is 1.25. The highest BCUT2D eigenvalue weighted by Gasteiger charge is 2.41. The van der Waals surface area contributed by atoms with Crippen LogP contribution < -0.4 is 0 Å². The van der Waals surface area contributed by atoms with Crippen LogP contribution in [0.1, 0.15) is 49.9 Å². The van der Waals surface area contributed by atoms with Crippen molar-refractivity contribution in [2.75, 3.05) is 0 Å². The lowest BCUT2D eigenvalue weighted by Gasteiger charge is -2.26. The molecule has 2 aliphatic rings. The molecule has 0 atom stereocenters. The fraction of sp³-hybridized carbons (Fsp3) is 0.125. The first-order chi connectivity index (χ1) is 23.3. The fourth-order valence-corrected chi connectivity index (χ4v) is 9.27. The minimum Gasteiger partial charge on any atom is -0.0619 e. The molecule has 0 heteroatoms. The fourth-order valence-electron chi connectivity index (χ4n) is 9.27. The Labute approximate surface area is 282 Å². The van der Waals surface area contributed by atoms with Gasteiger partial charge in [0.25, 0.3) is 0 Å². The molecule has 0 amide bonds. The predicted octanol–water partition coefficient (Wildman–Crippen LogP) is 13.1. The minimum absolute atomic E-state index is 0.0133. The average Bonchev–Trinajstić information content (AvgIpc) is 3.48. The first-order valence-corrected chi connectivity index (χ1v) is 17.2. The third-order valence-electron chi connectivity index (χ3n) is 11.7. The van der Waals surface area contributed by atoms with Crippen molar-refractivity contribution in [3.05, 3.63) is 168 Å². The topological polar surface area (TPSA) is 0 Å². The summed E-state index contributed by atoms with van der Waals surface area (Å²) >= 11 is 0. The maximum atomic E-state index is 2.54. The van der Waals surface area contributed by atoms with Crippen LogP contribution in [-0.4, -0.2) is 0 Å². The van der Waals surface area contributed by atoms with Gasteiger partial charge in [-0.15, -0.1) is 0 Å². The number of hydrogen-bond donors (Lipinski definition) is 0. The first-order valence-electron chi connectivity index (χ1n) is 17.2. The highest BCUT2D eigenvalue weighted by Crippen LogP contribution is 2.57. The largest absolute Gasteiger partial charge is 0.0619 e. The number of hydrogen-bond acceptors (Lipinski definition) is 0. The molecule has 0 bridgehead atoms. The summed E-state index contributed by atoms with van der Waals surface area (Å²) in [6.45, 7) is 9.58. The van der Waals surface area contributed by atoms with Crippen LogP contribution in [0, 0.1) is 0 Å². The number of benzene rings is 8. The van der Waals surface area contributed by atoms with Crippen LogP contribution >= 0.6 is 0 Å². The van der Waals surface area contributed by atoms with E-state index in [-0.39, 0.29) is 10.8 Å². The van der Waals surface area contributed by atoms with E-state index in [0.717, 1.165) is 0 Å². The second-order valence-electron chi connectivity index (χ2n) is 14.9. The zero-order valence-corrected chi connectivity index (χ0v) is 27.9. The van der Waals surface area contributed by atoms with E-state index in [1.807, 2.05) is 0 Å². The van der Waals surface area contributed by atoms with Crippen molar-refractivity contribution in [3.8, 4) is 44.5 Å². The zero-order chi connectivity index (χ0) is 32.4. The molecular weight excluding hydrogens is 577 g/mol. The van der Waals surface area contributed by atoms with E-state index in [1.54, 1.807) is 0 Å². The second kappa shape index (κ2) is 9.55. The van der Waals surface area contributed by atoms with Crippen LogP contribution in [0.5, 0.6) is 0 Å². The highest BCUT2D eigenvalue weighted by atomic mass is 14.4. The van der Waals surface area contributed by atoms with Gasteiger partial charge in [-0.05, 0) is 111 Å². The lowest BCUT2D eigenvalue weighted by atomic mass is 9.77. The summed E-state index contributed by atoms with van der Waals surface area (Å²) in [5.74, 6) is 0. The minimum atomic E-state index is -0.0779. The summed E-state index contributed by atoms with van der Waals surface area (Å²) in [6.07, 6.45) is 0. The molecule has 0 spiro atoms. The maximum Gasteiger partial charge on any atom is 0.0158 e. The summed E-state index contributed by atoms with van der Waals surface area (Å²) in [6, 6.07) is 54.9. The van der Waals surface area contributed by atoms with Crippen molar-refractivity contribution < 1.29 is 0 Å². The smallest absolute Gasteiger partial charge is 0.0158 e. The van der Waals surface area contributed by atoms with Gasteiger partial charge in [0.1, 0.15) is 0 Å². The summed E-state index contributed by atoms with van der Waals surface area (Å²) in [4.78, 5) is 0. The van der Waals surface area contributed by atoms with Crippen molar-refractivity contribution in [3.63, 3.8) is 0 Å². The van der Waals surface area contributed by atoms with Crippen molar-refractivity contribution >= 4 is 32.3 Å². The third kappa shape index (κ3) is 3.55. The SMILES string of the molecule is CC1(C)c2ccccc2-c2cc3c(cc21)C(C)(C)c1ccc(-c2c4ccccc4c(-c4cccc5ccccc45)c4ccccc24)cc1-3. The van der Waals surface area contributed by atoms with Gasteiger partial charge >= 0.3 is 0 Å². The van der Waals surface area contributed by atoms with E-state index in [4.69, 9.17) is 0 Å². The molecule has 0 fully saturated rings. The maximum absolute atomic E-state index is 2.54. The molecule has 0 saturated heterocycles. The van der Waals surface area contributed by atoms with Crippen molar-refractivity contribution in [2.24, 2.45) is 0 Å². The Kier molecular flexibility index (Phi) is 5.50. The van der Waals surface area contributed by atoms with Crippen molar-refractivity contribution in [2.45, 2.75) is 38.5 Å². The van der Waals surface area contributed by atoms with Gasteiger partial charge < -0.3 is 0 Å². The van der Waals surface area contributed by atoms with Crippen LogP contribution in [-0.2, 0) is 10.8 Å². The molecule has 48 heavy (non-hydrogen) atoms.